The van der Waals surface area contributed by atoms with Crippen LogP contribution in [0.5, 0.6) is 5.75 Å². The molecule has 2 N–H and O–H groups in total. The number of hydrogen-bond acceptors (Lipinski definition) is 4. The Morgan fingerprint density at radius 3 is 2.65 bits per heavy atom. The number of fused-ring (bicyclic) bond motifs is 1. The minimum absolute atomic E-state index is 0.219. The van der Waals surface area contributed by atoms with Gasteiger partial charge in [-0.1, -0.05) is 30.3 Å². The molecule has 4 heteroatoms. The second-order valence-electron chi connectivity index (χ2n) is 5.25. The molecule has 0 aromatic heterocycles. The first-order valence-electron chi connectivity index (χ1n) is 6.49. The molecule has 0 heterocycles. The van der Waals surface area contributed by atoms with E-state index in [2.05, 4.69) is 5.32 Å². The number of aromatic hydroxyl groups is 1. The number of esters is 1. The minimum Gasteiger partial charge on any atom is -0.508 e. The summed E-state index contributed by atoms with van der Waals surface area (Å²) in [6.07, 6.45) is 0. The van der Waals surface area contributed by atoms with Gasteiger partial charge in [0.05, 0.1) is 7.11 Å². The van der Waals surface area contributed by atoms with Gasteiger partial charge >= 0.3 is 5.97 Å². The van der Waals surface area contributed by atoms with Gasteiger partial charge in [0.25, 0.3) is 0 Å². The van der Waals surface area contributed by atoms with Gasteiger partial charge < -0.3 is 9.84 Å². The fraction of sp³-hybridized carbons (Fsp3) is 0.312. The summed E-state index contributed by atoms with van der Waals surface area (Å²) in [5.41, 5.74) is -0.0296. The zero-order valence-electron chi connectivity index (χ0n) is 11.9. The van der Waals surface area contributed by atoms with Crippen molar-refractivity contribution in [1.29, 1.82) is 0 Å². The predicted molar refractivity (Wildman–Crippen MR) is 78.5 cm³/mol. The molecule has 2 rings (SSSR count). The molecule has 4 nitrogen and oxygen atoms in total. The van der Waals surface area contributed by atoms with E-state index in [1.807, 2.05) is 30.3 Å². The van der Waals surface area contributed by atoms with Gasteiger partial charge in [0.2, 0.25) is 0 Å². The van der Waals surface area contributed by atoms with Crippen LogP contribution in [0.4, 0.5) is 0 Å². The number of carbonyl (C=O) groups is 1. The molecule has 106 valence electrons. The maximum Gasteiger partial charge on any atom is 0.325 e. The number of rotatable bonds is 4. The van der Waals surface area contributed by atoms with Crippen molar-refractivity contribution in [2.75, 3.05) is 7.11 Å². The molecule has 0 aliphatic rings. The predicted octanol–water partition coefficient (Wildman–Crippen LogP) is 2.59. The average molecular weight is 273 g/mol. The molecule has 0 spiro atoms. The van der Waals surface area contributed by atoms with Gasteiger partial charge in [-0.05, 0) is 30.7 Å². The van der Waals surface area contributed by atoms with Gasteiger partial charge in [-0.15, -0.1) is 0 Å². The van der Waals surface area contributed by atoms with E-state index in [4.69, 9.17) is 4.74 Å². The van der Waals surface area contributed by atoms with E-state index in [0.717, 1.165) is 16.3 Å². The van der Waals surface area contributed by atoms with Gasteiger partial charge in [0, 0.05) is 12.1 Å². The highest BCUT2D eigenvalue weighted by Gasteiger charge is 2.28. The lowest BCUT2D eigenvalue weighted by atomic mass is 10.0. The summed E-state index contributed by atoms with van der Waals surface area (Å²) in [5.74, 6) is -0.117. The summed E-state index contributed by atoms with van der Waals surface area (Å²) in [4.78, 5) is 11.7. The zero-order valence-corrected chi connectivity index (χ0v) is 11.9. The lowest BCUT2D eigenvalue weighted by Crippen LogP contribution is -2.46. The van der Waals surface area contributed by atoms with Crippen LogP contribution in [-0.4, -0.2) is 23.7 Å². The molecular weight excluding hydrogens is 254 g/mol. The molecule has 0 fully saturated rings. The molecule has 0 atom stereocenters. The molecule has 0 saturated heterocycles. The SMILES string of the molecule is COC(=O)C(C)(C)NCc1c(O)ccc2ccccc12. The third kappa shape index (κ3) is 2.75. The highest BCUT2D eigenvalue weighted by molar-refractivity contribution is 5.87. The molecule has 0 radical (unpaired) electrons. The standard InChI is InChI=1S/C16H19NO3/c1-16(2,15(19)20-3)17-10-13-12-7-5-4-6-11(12)8-9-14(13)18/h4-9,17-18H,10H2,1-3H3. The number of phenolic OH excluding ortho intramolecular Hbond substituents is 1. The highest BCUT2D eigenvalue weighted by Crippen LogP contribution is 2.27. The van der Waals surface area contributed by atoms with Crippen LogP contribution in [0, 0.1) is 0 Å². The molecule has 20 heavy (non-hydrogen) atoms. The Kier molecular flexibility index (Phi) is 3.95. The van der Waals surface area contributed by atoms with Crippen LogP contribution in [0.1, 0.15) is 19.4 Å². The van der Waals surface area contributed by atoms with E-state index in [1.165, 1.54) is 7.11 Å². The summed E-state index contributed by atoms with van der Waals surface area (Å²) in [5, 5.41) is 15.2. The van der Waals surface area contributed by atoms with Crippen LogP contribution in [0.15, 0.2) is 36.4 Å². The molecule has 0 saturated carbocycles. The Morgan fingerprint density at radius 1 is 1.25 bits per heavy atom. The molecule has 0 bridgehead atoms. The van der Waals surface area contributed by atoms with Gasteiger partial charge in [0.15, 0.2) is 0 Å². The van der Waals surface area contributed by atoms with Crippen molar-refractivity contribution < 1.29 is 14.6 Å². The van der Waals surface area contributed by atoms with Crippen molar-refractivity contribution in [3.05, 3.63) is 42.0 Å². The minimum atomic E-state index is -0.807. The maximum absolute atomic E-state index is 11.7. The second kappa shape index (κ2) is 5.51. The summed E-state index contributed by atoms with van der Waals surface area (Å²) in [6, 6.07) is 11.4. The van der Waals surface area contributed by atoms with E-state index in [0.29, 0.717) is 6.54 Å². The summed E-state index contributed by atoms with van der Waals surface area (Å²) in [6.45, 7) is 3.89. The molecular formula is C16H19NO3. The smallest absolute Gasteiger partial charge is 0.325 e. The van der Waals surface area contributed by atoms with Gasteiger partial charge in [-0.3, -0.25) is 10.1 Å². The first kappa shape index (κ1) is 14.3. The number of hydrogen-bond donors (Lipinski definition) is 2. The third-order valence-corrected chi connectivity index (χ3v) is 3.42. The fourth-order valence-electron chi connectivity index (χ4n) is 2.15. The second-order valence-corrected chi connectivity index (χ2v) is 5.25. The van der Waals surface area contributed by atoms with Crippen LogP contribution in [0.3, 0.4) is 0 Å². The Bertz CT molecular complexity index is 635. The van der Waals surface area contributed by atoms with Gasteiger partial charge in [0.1, 0.15) is 11.3 Å². The molecule has 0 amide bonds. The quantitative estimate of drug-likeness (QED) is 0.841. The van der Waals surface area contributed by atoms with Crippen molar-refractivity contribution >= 4 is 16.7 Å². The van der Waals surface area contributed by atoms with E-state index in [1.54, 1.807) is 19.9 Å². The Morgan fingerprint density at radius 2 is 1.95 bits per heavy atom. The maximum atomic E-state index is 11.7. The molecule has 0 aliphatic heterocycles. The van der Waals surface area contributed by atoms with E-state index >= 15 is 0 Å². The van der Waals surface area contributed by atoms with E-state index < -0.39 is 5.54 Å². The zero-order chi connectivity index (χ0) is 14.8. The number of ether oxygens (including phenoxy) is 1. The fourth-order valence-corrected chi connectivity index (χ4v) is 2.15. The summed E-state index contributed by atoms with van der Waals surface area (Å²) >= 11 is 0. The lowest BCUT2D eigenvalue weighted by Gasteiger charge is -2.23. The van der Waals surface area contributed by atoms with Crippen LogP contribution >= 0.6 is 0 Å². The first-order chi connectivity index (χ1) is 9.45. The number of carbonyl (C=O) groups excluding carboxylic acids is 1. The van der Waals surface area contributed by atoms with Gasteiger partial charge in [-0.2, -0.15) is 0 Å². The molecule has 2 aromatic carbocycles. The number of nitrogens with one attached hydrogen (secondary N) is 1. The molecule has 0 aliphatic carbocycles. The number of methoxy groups -OCH3 is 1. The molecule has 2 aromatic rings. The number of phenols is 1. The van der Waals surface area contributed by atoms with Crippen LogP contribution in [0.25, 0.3) is 10.8 Å². The molecule has 0 unspecified atom stereocenters. The Hall–Kier alpha value is -2.07. The van der Waals surface area contributed by atoms with E-state index in [-0.39, 0.29) is 11.7 Å². The first-order valence-corrected chi connectivity index (χ1v) is 6.49. The topological polar surface area (TPSA) is 58.6 Å². The normalized spacial score (nSPS) is 11.6. The van der Waals surface area contributed by atoms with Crippen molar-refractivity contribution in [3.8, 4) is 5.75 Å². The van der Waals surface area contributed by atoms with Crippen molar-refractivity contribution in [1.82, 2.24) is 5.32 Å². The Balaban J connectivity index is 2.30. The van der Waals surface area contributed by atoms with Crippen LogP contribution in [-0.2, 0) is 16.1 Å². The average Bonchev–Trinajstić information content (AvgIpc) is 2.45. The lowest BCUT2D eigenvalue weighted by molar-refractivity contribution is -0.147. The van der Waals surface area contributed by atoms with Crippen molar-refractivity contribution in [3.63, 3.8) is 0 Å². The van der Waals surface area contributed by atoms with E-state index in [9.17, 15) is 9.90 Å². The monoisotopic (exact) mass is 273 g/mol. The van der Waals surface area contributed by atoms with Crippen LogP contribution in [0.2, 0.25) is 0 Å². The van der Waals surface area contributed by atoms with Crippen molar-refractivity contribution in [2.24, 2.45) is 0 Å². The Labute approximate surface area is 118 Å². The third-order valence-electron chi connectivity index (χ3n) is 3.42. The highest BCUT2D eigenvalue weighted by atomic mass is 16.5. The summed E-state index contributed by atoms with van der Waals surface area (Å²) < 4.78 is 4.76. The summed E-state index contributed by atoms with van der Waals surface area (Å²) in [7, 11) is 1.36. The van der Waals surface area contributed by atoms with Gasteiger partial charge in [-0.25, -0.2) is 0 Å². The van der Waals surface area contributed by atoms with Crippen LogP contribution < -0.4 is 5.32 Å². The van der Waals surface area contributed by atoms with Crippen molar-refractivity contribution in [2.45, 2.75) is 25.9 Å². The number of benzene rings is 2. The largest absolute Gasteiger partial charge is 0.508 e.